The molecule has 0 radical (unpaired) electrons. The summed E-state index contributed by atoms with van der Waals surface area (Å²) in [5, 5.41) is 9.96. The van der Waals surface area contributed by atoms with Gasteiger partial charge in [0.25, 0.3) is 0 Å². The van der Waals surface area contributed by atoms with Crippen LogP contribution in [0.25, 0.3) is 16.3 Å². The third kappa shape index (κ3) is 2.51. The van der Waals surface area contributed by atoms with Crippen LogP contribution in [0.15, 0.2) is 85.0 Å². The molecule has 3 aromatic rings. The van der Waals surface area contributed by atoms with Gasteiger partial charge in [0.05, 0.1) is 0 Å². The Morgan fingerprint density at radius 1 is 0.760 bits per heavy atom. The normalized spacial score (nSPS) is 19.2. The van der Waals surface area contributed by atoms with Crippen LogP contribution in [0.4, 0.5) is 11.4 Å². The third-order valence-corrected chi connectivity index (χ3v) is 5.19. The Labute approximate surface area is 147 Å². The molecule has 0 fully saturated rings. The first kappa shape index (κ1) is 14.4. The fourth-order valence-corrected chi connectivity index (χ4v) is 3.90. The van der Waals surface area contributed by atoms with Crippen molar-refractivity contribution < 1.29 is 0 Å². The Morgan fingerprint density at radius 3 is 2.12 bits per heavy atom. The van der Waals surface area contributed by atoms with Crippen molar-refractivity contribution in [2.75, 3.05) is 10.6 Å². The first-order chi connectivity index (χ1) is 12.4. The maximum atomic E-state index is 3.69. The molecule has 1 aliphatic carbocycles. The van der Waals surface area contributed by atoms with Crippen LogP contribution in [0.2, 0.25) is 0 Å². The van der Waals surface area contributed by atoms with E-state index in [9.17, 15) is 0 Å². The van der Waals surface area contributed by atoms with Crippen molar-refractivity contribution in [3.8, 4) is 0 Å². The van der Waals surface area contributed by atoms with Crippen molar-refractivity contribution in [1.82, 2.24) is 0 Å². The Kier molecular flexibility index (Phi) is 3.34. The van der Waals surface area contributed by atoms with E-state index in [1.807, 2.05) is 0 Å². The second-order valence-electron chi connectivity index (χ2n) is 6.76. The fourth-order valence-electron chi connectivity index (χ4n) is 3.90. The zero-order valence-corrected chi connectivity index (χ0v) is 13.9. The summed E-state index contributed by atoms with van der Waals surface area (Å²) < 4.78 is 0. The molecule has 2 nitrogen and oxygen atoms in total. The van der Waals surface area contributed by atoms with E-state index in [0.717, 1.165) is 6.42 Å². The molecule has 2 N–H and O–H groups in total. The average Bonchev–Trinajstić information content (AvgIpc) is 2.69. The first-order valence-corrected chi connectivity index (χ1v) is 8.87. The molecular formula is C23H20N2. The van der Waals surface area contributed by atoms with E-state index in [1.165, 1.54) is 33.3 Å². The van der Waals surface area contributed by atoms with Crippen molar-refractivity contribution in [2.45, 2.75) is 12.6 Å². The summed E-state index contributed by atoms with van der Waals surface area (Å²) in [6.07, 6.45) is 8.19. The second kappa shape index (κ2) is 5.82. The summed E-state index contributed by atoms with van der Waals surface area (Å²) >= 11 is 0. The molecule has 2 heteroatoms. The summed E-state index contributed by atoms with van der Waals surface area (Å²) in [6, 6.07) is 23.5. The molecule has 0 aromatic heterocycles. The minimum Gasteiger partial charge on any atom is -0.364 e. The van der Waals surface area contributed by atoms with E-state index in [0.29, 0.717) is 5.92 Å². The lowest BCUT2D eigenvalue weighted by Gasteiger charge is -2.34. The lowest BCUT2D eigenvalue weighted by molar-refractivity contribution is 0.579. The quantitative estimate of drug-likeness (QED) is 0.635. The monoisotopic (exact) mass is 324 g/mol. The Bertz CT molecular complexity index is 945. The highest BCUT2D eigenvalue weighted by Gasteiger charge is 2.25. The van der Waals surface area contributed by atoms with Crippen LogP contribution in [-0.2, 0) is 0 Å². The van der Waals surface area contributed by atoms with Crippen LogP contribution in [0, 0.1) is 5.92 Å². The Hall–Kier alpha value is -3.00. The van der Waals surface area contributed by atoms with Crippen molar-refractivity contribution in [2.24, 2.45) is 5.92 Å². The maximum absolute atomic E-state index is 3.69. The highest BCUT2D eigenvalue weighted by atomic mass is 15.2. The van der Waals surface area contributed by atoms with Crippen LogP contribution in [-0.4, -0.2) is 6.17 Å². The minimum absolute atomic E-state index is 0.213. The number of anilines is 2. The van der Waals surface area contributed by atoms with Gasteiger partial charge in [-0.15, -0.1) is 0 Å². The number of benzene rings is 3. The number of hydrogen-bond donors (Lipinski definition) is 2. The molecule has 1 heterocycles. The molecule has 0 bridgehead atoms. The van der Waals surface area contributed by atoms with E-state index < -0.39 is 0 Å². The Balaban J connectivity index is 1.40. The van der Waals surface area contributed by atoms with Gasteiger partial charge in [-0.3, -0.25) is 0 Å². The molecule has 1 atom stereocenters. The fraction of sp³-hybridized carbons (Fsp3) is 0.130. The van der Waals surface area contributed by atoms with Gasteiger partial charge in [0, 0.05) is 22.7 Å². The van der Waals surface area contributed by atoms with Crippen molar-refractivity contribution >= 4 is 27.7 Å². The van der Waals surface area contributed by atoms with Gasteiger partial charge in [0.15, 0.2) is 0 Å². The lowest BCUT2D eigenvalue weighted by atomic mass is 9.90. The van der Waals surface area contributed by atoms with Gasteiger partial charge < -0.3 is 10.6 Å². The molecule has 2 aliphatic rings. The number of hydrogen-bond acceptors (Lipinski definition) is 2. The SMILES string of the molecule is C1=CC(C2Nc3cccc4cccc(c34)N2)CC=C1c1ccccc1. The lowest BCUT2D eigenvalue weighted by Crippen LogP contribution is -2.38. The standard InChI is InChI=1S/C23H20N2/c1-2-6-16(7-3-1)17-12-14-19(15-13-17)23-24-20-10-4-8-18-9-5-11-21(25-23)22(18)20/h1-14,19,23-25H,15H2. The predicted octanol–water partition coefficient (Wildman–Crippen LogP) is 5.66. The molecule has 1 aliphatic heterocycles. The van der Waals surface area contributed by atoms with Crippen LogP contribution in [0.1, 0.15) is 12.0 Å². The summed E-state index contributed by atoms with van der Waals surface area (Å²) in [5.41, 5.74) is 5.05. The maximum Gasteiger partial charge on any atom is 0.103 e. The third-order valence-electron chi connectivity index (χ3n) is 5.19. The van der Waals surface area contributed by atoms with E-state index in [4.69, 9.17) is 0 Å². The van der Waals surface area contributed by atoms with Crippen molar-refractivity contribution in [3.63, 3.8) is 0 Å². The minimum atomic E-state index is 0.213. The molecule has 0 saturated heterocycles. The molecule has 1 unspecified atom stereocenters. The van der Waals surface area contributed by atoms with Gasteiger partial charge in [-0.2, -0.15) is 0 Å². The van der Waals surface area contributed by atoms with Gasteiger partial charge in [-0.25, -0.2) is 0 Å². The van der Waals surface area contributed by atoms with Gasteiger partial charge >= 0.3 is 0 Å². The van der Waals surface area contributed by atoms with Crippen molar-refractivity contribution in [1.29, 1.82) is 0 Å². The highest BCUT2D eigenvalue weighted by molar-refractivity contribution is 6.04. The molecule has 3 aromatic carbocycles. The molecule has 25 heavy (non-hydrogen) atoms. The molecule has 122 valence electrons. The molecule has 0 amide bonds. The topological polar surface area (TPSA) is 24.1 Å². The molecule has 0 spiro atoms. The van der Waals surface area contributed by atoms with Crippen LogP contribution >= 0.6 is 0 Å². The second-order valence-corrected chi connectivity index (χ2v) is 6.76. The number of allylic oxidation sites excluding steroid dienone is 3. The number of rotatable bonds is 2. The van der Waals surface area contributed by atoms with Crippen LogP contribution in [0.3, 0.4) is 0 Å². The van der Waals surface area contributed by atoms with Crippen molar-refractivity contribution in [3.05, 3.63) is 90.5 Å². The number of nitrogens with one attached hydrogen (secondary N) is 2. The molecular weight excluding hydrogens is 304 g/mol. The van der Waals surface area contributed by atoms with Crippen LogP contribution in [0.5, 0.6) is 0 Å². The predicted molar refractivity (Wildman–Crippen MR) is 107 cm³/mol. The Morgan fingerprint density at radius 2 is 1.48 bits per heavy atom. The summed E-state index contributed by atoms with van der Waals surface area (Å²) in [7, 11) is 0. The van der Waals surface area contributed by atoms with E-state index >= 15 is 0 Å². The summed E-state index contributed by atoms with van der Waals surface area (Å²) in [5.74, 6) is 0.427. The highest BCUT2D eigenvalue weighted by Crippen LogP contribution is 2.37. The molecule has 5 rings (SSSR count). The molecule has 0 saturated carbocycles. The zero-order chi connectivity index (χ0) is 16.6. The average molecular weight is 324 g/mol. The largest absolute Gasteiger partial charge is 0.364 e. The van der Waals surface area contributed by atoms with Gasteiger partial charge in [0.2, 0.25) is 0 Å². The van der Waals surface area contributed by atoms with Gasteiger partial charge in [-0.1, -0.05) is 72.8 Å². The van der Waals surface area contributed by atoms with Gasteiger partial charge in [0.1, 0.15) is 6.17 Å². The van der Waals surface area contributed by atoms with Gasteiger partial charge in [-0.05, 0) is 35.1 Å². The van der Waals surface area contributed by atoms with Crippen LogP contribution < -0.4 is 10.6 Å². The first-order valence-electron chi connectivity index (χ1n) is 8.87. The summed E-state index contributed by atoms with van der Waals surface area (Å²) in [6.45, 7) is 0. The zero-order valence-electron chi connectivity index (χ0n) is 13.9. The van der Waals surface area contributed by atoms with E-state index in [1.54, 1.807) is 0 Å². The van der Waals surface area contributed by atoms with E-state index in [2.05, 4.69) is 95.6 Å². The van der Waals surface area contributed by atoms with E-state index in [-0.39, 0.29) is 6.17 Å². The summed E-state index contributed by atoms with van der Waals surface area (Å²) in [4.78, 5) is 0. The smallest absolute Gasteiger partial charge is 0.103 e.